The summed E-state index contributed by atoms with van der Waals surface area (Å²) in [6.07, 6.45) is 0. The molecule has 0 aliphatic heterocycles. The van der Waals surface area contributed by atoms with E-state index < -0.39 is 5.97 Å². The quantitative estimate of drug-likeness (QED) is 0.825. The Bertz CT molecular complexity index is 640. The number of benzene rings is 2. The zero-order chi connectivity index (χ0) is 15.2. The molecule has 2 aromatic rings. The second kappa shape index (κ2) is 7.04. The van der Waals surface area contributed by atoms with Gasteiger partial charge in [0.1, 0.15) is 11.5 Å². The third-order valence-electron chi connectivity index (χ3n) is 2.96. The summed E-state index contributed by atoms with van der Waals surface area (Å²) in [5.74, 6) is 1.31. The molecular weight excluding hydrogens is 288 g/mol. The fraction of sp³-hybridized carbons (Fsp3) is 0.188. The average Bonchev–Trinajstić information content (AvgIpc) is 2.52. The van der Waals surface area contributed by atoms with Crippen LogP contribution in [0.2, 0.25) is 0 Å². The highest BCUT2D eigenvalue weighted by Gasteiger charge is 2.08. The molecule has 4 nitrogen and oxygen atoms in total. The van der Waals surface area contributed by atoms with Crippen molar-refractivity contribution in [1.29, 1.82) is 0 Å². The largest absolute Gasteiger partial charge is 0.497 e. The van der Waals surface area contributed by atoms with Gasteiger partial charge in [0.15, 0.2) is 0 Å². The minimum Gasteiger partial charge on any atom is -0.497 e. The molecule has 2 aromatic carbocycles. The van der Waals surface area contributed by atoms with Gasteiger partial charge in [0.2, 0.25) is 0 Å². The van der Waals surface area contributed by atoms with Crippen molar-refractivity contribution in [2.75, 3.05) is 14.2 Å². The number of methoxy groups -OCH3 is 2. The van der Waals surface area contributed by atoms with Gasteiger partial charge in [0.25, 0.3) is 0 Å². The number of carbonyl (C=O) groups is 1. The number of hydrogen-bond donors (Lipinski definition) is 1. The monoisotopic (exact) mass is 304 g/mol. The Kier molecular flexibility index (Phi) is 5.11. The van der Waals surface area contributed by atoms with Crippen LogP contribution < -0.4 is 9.47 Å². The highest BCUT2D eigenvalue weighted by Crippen LogP contribution is 2.31. The van der Waals surface area contributed by atoms with Gasteiger partial charge in [-0.1, -0.05) is 6.07 Å². The lowest BCUT2D eigenvalue weighted by Gasteiger charge is -2.10. The molecule has 0 saturated heterocycles. The third kappa shape index (κ3) is 3.92. The maximum atomic E-state index is 11.0. The second-order valence-electron chi connectivity index (χ2n) is 4.30. The van der Waals surface area contributed by atoms with Crippen molar-refractivity contribution >= 4 is 17.7 Å². The molecule has 110 valence electrons. The molecule has 0 saturated carbocycles. The van der Waals surface area contributed by atoms with E-state index in [-0.39, 0.29) is 5.56 Å². The van der Waals surface area contributed by atoms with E-state index in [9.17, 15) is 4.79 Å². The Morgan fingerprint density at radius 1 is 1.14 bits per heavy atom. The van der Waals surface area contributed by atoms with E-state index in [0.717, 1.165) is 22.0 Å². The predicted octanol–water partition coefficient (Wildman–Crippen LogP) is 3.69. The number of ether oxygens (including phenoxy) is 2. The molecular formula is C16H16O4S. The Morgan fingerprint density at radius 3 is 2.62 bits per heavy atom. The van der Waals surface area contributed by atoms with Gasteiger partial charge in [0, 0.05) is 16.2 Å². The van der Waals surface area contributed by atoms with Crippen LogP contribution in [0, 0.1) is 0 Å². The first-order chi connectivity index (χ1) is 10.1. The summed E-state index contributed by atoms with van der Waals surface area (Å²) in [4.78, 5) is 11.9. The van der Waals surface area contributed by atoms with Crippen LogP contribution in [-0.4, -0.2) is 25.3 Å². The molecule has 0 unspecified atom stereocenters. The van der Waals surface area contributed by atoms with E-state index in [4.69, 9.17) is 14.6 Å². The first kappa shape index (κ1) is 15.3. The summed E-state index contributed by atoms with van der Waals surface area (Å²) < 4.78 is 10.5. The van der Waals surface area contributed by atoms with Crippen LogP contribution in [0.3, 0.4) is 0 Å². The van der Waals surface area contributed by atoms with Crippen LogP contribution in [0.4, 0.5) is 0 Å². The molecule has 5 heteroatoms. The first-order valence-electron chi connectivity index (χ1n) is 6.31. The molecule has 0 heterocycles. The molecule has 0 aliphatic rings. The van der Waals surface area contributed by atoms with Crippen molar-refractivity contribution < 1.29 is 19.4 Å². The second-order valence-corrected chi connectivity index (χ2v) is 5.35. The molecule has 0 radical (unpaired) electrons. The Labute approximate surface area is 127 Å². The first-order valence-corrected chi connectivity index (χ1v) is 7.29. The molecule has 0 aromatic heterocycles. The summed E-state index contributed by atoms with van der Waals surface area (Å²) >= 11 is 1.55. The highest BCUT2D eigenvalue weighted by molar-refractivity contribution is 7.98. The number of rotatable bonds is 6. The molecule has 0 bridgehead atoms. The van der Waals surface area contributed by atoms with Crippen LogP contribution in [0.15, 0.2) is 47.4 Å². The molecule has 0 fully saturated rings. The molecule has 0 atom stereocenters. The Balaban J connectivity index is 2.15. The van der Waals surface area contributed by atoms with Crippen molar-refractivity contribution in [2.24, 2.45) is 0 Å². The van der Waals surface area contributed by atoms with Gasteiger partial charge in [-0.25, -0.2) is 4.79 Å². The van der Waals surface area contributed by atoms with Crippen LogP contribution in [-0.2, 0) is 5.75 Å². The van der Waals surface area contributed by atoms with E-state index in [2.05, 4.69) is 0 Å². The summed E-state index contributed by atoms with van der Waals surface area (Å²) in [6.45, 7) is 0. The molecule has 0 amide bonds. The molecule has 21 heavy (non-hydrogen) atoms. The van der Waals surface area contributed by atoms with E-state index >= 15 is 0 Å². The smallest absolute Gasteiger partial charge is 0.335 e. The Morgan fingerprint density at radius 2 is 1.95 bits per heavy atom. The van der Waals surface area contributed by atoms with Crippen molar-refractivity contribution in [1.82, 2.24) is 0 Å². The topological polar surface area (TPSA) is 55.8 Å². The lowest BCUT2D eigenvalue weighted by molar-refractivity contribution is 0.0696. The number of carboxylic acids is 1. The average molecular weight is 304 g/mol. The molecule has 2 rings (SSSR count). The van der Waals surface area contributed by atoms with E-state index in [1.807, 2.05) is 24.3 Å². The van der Waals surface area contributed by atoms with Crippen LogP contribution in [0.1, 0.15) is 15.9 Å². The minimum absolute atomic E-state index is 0.289. The van der Waals surface area contributed by atoms with Crippen molar-refractivity contribution in [3.8, 4) is 11.5 Å². The Hall–Kier alpha value is -2.14. The zero-order valence-electron chi connectivity index (χ0n) is 11.8. The summed E-state index contributed by atoms with van der Waals surface area (Å²) in [6, 6.07) is 12.5. The number of carboxylic acid groups (broad SMARTS) is 1. The number of hydrogen-bond acceptors (Lipinski definition) is 4. The maximum Gasteiger partial charge on any atom is 0.335 e. The van der Waals surface area contributed by atoms with Gasteiger partial charge in [-0.3, -0.25) is 0 Å². The van der Waals surface area contributed by atoms with Gasteiger partial charge < -0.3 is 14.6 Å². The minimum atomic E-state index is -0.920. The van der Waals surface area contributed by atoms with E-state index in [0.29, 0.717) is 5.75 Å². The van der Waals surface area contributed by atoms with E-state index in [1.165, 1.54) is 0 Å². The van der Waals surface area contributed by atoms with Gasteiger partial charge in [0.05, 0.1) is 19.8 Å². The SMILES string of the molecule is COc1ccc(OC)c(CSc2cccc(C(=O)O)c2)c1. The normalized spacial score (nSPS) is 10.2. The van der Waals surface area contributed by atoms with Crippen LogP contribution in [0.25, 0.3) is 0 Å². The lowest BCUT2D eigenvalue weighted by atomic mass is 10.2. The number of thioether (sulfide) groups is 1. The van der Waals surface area contributed by atoms with Gasteiger partial charge in [-0.05, 0) is 36.4 Å². The van der Waals surface area contributed by atoms with Crippen LogP contribution in [0.5, 0.6) is 11.5 Å². The third-order valence-corrected chi connectivity index (χ3v) is 4.01. The molecule has 0 aliphatic carbocycles. The van der Waals surface area contributed by atoms with Crippen molar-refractivity contribution in [2.45, 2.75) is 10.6 Å². The van der Waals surface area contributed by atoms with Gasteiger partial charge >= 0.3 is 5.97 Å². The summed E-state index contributed by atoms with van der Waals surface area (Å²) in [7, 11) is 3.25. The van der Waals surface area contributed by atoms with Crippen LogP contribution >= 0.6 is 11.8 Å². The highest BCUT2D eigenvalue weighted by atomic mass is 32.2. The molecule has 1 N–H and O–H groups in total. The standard InChI is InChI=1S/C16H16O4S/c1-19-13-6-7-15(20-2)12(8-13)10-21-14-5-3-4-11(9-14)16(17)18/h3-9H,10H2,1-2H3,(H,17,18). The van der Waals surface area contributed by atoms with Gasteiger partial charge in [-0.15, -0.1) is 11.8 Å². The summed E-state index contributed by atoms with van der Waals surface area (Å²) in [5, 5.41) is 9.00. The van der Waals surface area contributed by atoms with E-state index in [1.54, 1.807) is 44.2 Å². The maximum absolute atomic E-state index is 11.0. The van der Waals surface area contributed by atoms with Gasteiger partial charge in [-0.2, -0.15) is 0 Å². The fourth-order valence-corrected chi connectivity index (χ4v) is 2.81. The fourth-order valence-electron chi connectivity index (χ4n) is 1.87. The summed E-state index contributed by atoms with van der Waals surface area (Å²) in [5.41, 5.74) is 1.29. The zero-order valence-corrected chi connectivity index (χ0v) is 12.6. The molecule has 0 spiro atoms. The predicted molar refractivity (Wildman–Crippen MR) is 82.5 cm³/mol. The lowest BCUT2D eigenvalue weighted by Crippen LogP contribution is -1.95. The number of aromatic carboxylic acids is 1. The van der Waals surface area contributed by atoms with Crippen molar-refractivity contribution in [3.05, 3.63) is 53.6 Å². The van der Waals surface area contributed by atoms with Crippen molar-refractivity contribution in [3.63, 3.8) is 0 Å².